The van der Waals surface area contributed by atoms with Crippen molar-refractivity contribution < 1.29 is 20.4 Å². The third-order valence-corrected chi connectivity index (χ3v) is 8.36. The van der Waals surface area contributed by atoms with Crippen molar-refractivity contribution in [3.63, 3.8) is 0 Å². The predicted octanol–water partition coefficient (Wildman–Crippen LogP) is 7.03. The van der Waals surface area contributed by atoms with Crippen LogP contribution in [0.1, 0.15) is 50.7 Å². The van der Waals surface area contributed by atoms with E-state index in [1.54, 1.807) is 36.4 Å². The van der Waals surface area contributed by atoms with Crippen LogP contribution in [0.4, 0.5) is 0 Å². The molecular formula is C29H32O4. The Morgan fingerprint density at radius 1 is 0.606 bits per heavy atom. The molecule has 2 aromatic carbocycles. The lowest BCUT2D eigenvalue weighted by Gasteiger charge is -2.59. The van der Waals surface area contributed by atoms with E-state index in [1.807, 2.05) is 36.4 Å². The first kappa shape index (κ1) is 22.8. The molecule has 2 aliphatic rings. The first-order valence-corrected chi connectivity index (χ1v) is 11.3. The van der Waals surface area contributed by atoms with Crippen LogP contribution >= 0.6 is 0 Å². The van der Waals surface area contributed by atoms with Gasteiger partial charge in [-0.1, -0.05) is 76.3 Å². The lowest BCUT2D eigenvalue weighted by atomic mass is 9.44. The Balaban J connectivity index is 1.88. The molecule has 172 valence electrons. The van der Waals surface area contributed by atoms with Gasteiger partial charge in [-0.15, -0.1) is 0 Å². The van der Waals surface area contributed by atoms with Gasteiger partial charge in [0.05, 0.1) is 11.8 Å². The minimum atomic E-state index is -0.547. The maximum atomic E-state index is 11.1. The van der Waals surface area contributed by atoms with Crippen molar-refractivity contribution >= 4 is 0 Å². The Morgan fingerprint density at radius 3 is 1.27 bits per heavy atom. The SMILES string of the molecule is CC1(C(C)(C)C2(C)C=CC=C(O)C2c2ccc(O)cc2)C=CC=C(O)C1c1ccc(O)cc1. The summed E-state index contributed by atoms with van der Waals surface area (Å²) in [6.45, 7) is 8.65. The topological polar surface area (TPSA) is 80.9 Å². The molecule has 33 heavy (non-hydrogen) atoms. The number of phenols is 2. The van der Waals surface area contributed by atoms with Crippen molar-refractivity contribution in [1.29, 1.82) is 0 Å². The van der Waals surface area contributed by atoms with Crippen LogP contribution in [-0.2, 0) is 0 Å². The minimum absolute atomic E-state index is 0.180. The second-order valence-electron chi connectivity index (χ2n) is 10.1. The molecule has 0 bridgehead atoms. The van der Waals surface area contributed by atoms with E-state index in [2.05, 4.69) is 39.8 Å². The number of phenolic OH excluding ortho intramolecular Hbond substituents is 2. The van der Waals surface area contributed by atoms with Crippen molar-refractivity contribution in [1.82, 2.24) is 0 Å². The average Bonchev–Trinajstić information content (AvgIpc) is 2.76. The molecule has 0 aliphatic heterocycles. The van der Waals surface area contributed by atoms with Crippen molar-refractivity contribution in [2.24, 2.45) is 16.2 Å². The van der Waals surface area contributed by atoms with E-state index in [9.17, 15) is 20.4 Å². The van der Waals surface area contributed by atoms with Gasteiger partial charge in [0.2, 0.25) is 0 Å². The Hall–Kier alpha value is -3.40. The van der Waals surface area contributed by atoms with Gasteiger partial charge in [0, 0.05) is 10.8 Å². The van der Waals surface area contributed by atoms with E-state index < -0.39 is 16.2 Å². The zero-order valence-corrected chi connectivity index (χ0v) is 19.5. The maximum Gasteiger partial charge on any atom is 0.115 e. The monoisotopic (exact) mass is 444 g/mol. The Morgan fingerprint density at radius 2 is 0.939 bits per heavy atom. The molecule has 0 heterocycles. The van der Waals surface area contributed by atoms with Crippen molar-refractivity contribution in [2.75, 3.05) is 0 Å². The van der Waals surface area contributed by atoms with Gasteiger partial charge in [-0.05, 0) is 53.0 Å². The summed E-state index contributed by atoms with van der Waals surface area (Å²) in [4.78, 5) is 0. The quantitative estimate of drug-likeness (QED) is 0.408. The van der Waals surface area contributed by atoms with Crippen molar-refractivity contribution in [2.45, 2.75) is 39.5 Å². The summed E-state index contributed by atoms with van der Waals surface area (Å²) in [6, 6.07) is 14.0. The molecule has 4 heteroatoms. The van der Waals surface area contributed by atoms with Gasteiger partial charge in [-0.25, -0.2) is 0 Å². The highest BCUT2D eigenvalue weighted by Gasteiger charge is 2.59. The van der Waals surface area contributed by atoms with Gasteiger partial charge in [0.25, 0.3) is 0 Å². The van der Waals surface area contributed by atoms with Gasteiger partial charge in [0.1, 0.15) is 23.0 Å². The third kappa shape index (κ3) is 3.45. The molecule has 0 saturated heterocycles. The van der Waals surface area contributed by atoms with Crippen molar-refractivity contribution in [3.05, 3.63) is 108 Å². The van der Waals surface area contributed by atoms with Crippen LogP contribution in [0.25, 0.3) is 0 Å². The maximum absolute atomic E-state index is 11.1. The lowest BCUT2D eigenvalue weighted by molar-refractivity contribution is -0.0179. The van der Waals surface area contributed by atoms with Crippen LogP contribution in [0.5, 0.6) is 11.5 Å². The summed E-state index contributed by atoms with van der Waals surface area (Å²) in [5.74, 6) is 0.221. The molecule has 4 N–H and O–H groups in total. The molecule has 2 aromatic rings. The number of benzene rings is 2. The van der Waals surface area contributed by atoms with Crippen LogP contribution in [0.15, 0.2) is 96.5 Å². The number of rotatable bonds is 4. The standard InChI is InChI=1S/C29H32O4/c1-27(2,28(3)17-5-7-23(32)25(28)19-9-13-21(30)14-10-19)29(4)18-6-8-24(33)26(29)20-11-15-22(31)16-12-20/h5-18,25-26,30-33H,1-4H3. The van der Waals surface area contributed by atoms with E-state index >= 15 is 0 Å². The molecule has 4 unspecified atom stereocenters. The van der Waals surface area contributed by atoms with E-state index in [1.165, 1.54) is 0 Å². The summed E-state index contributed by atoms with van der Waals surface area (Å²) in [7, 11) is 0. The molecule has 0 aromatic heterocycles. The number of hydrogen-bond acceptors (Lipinski definition) is 4. The first-order valence-electron chi connectivity index (χ1n) is 11.3. The minimum Gasteiger partial charge on any atom is -0.512 e. The number of aromatic hydroxyl groups is 2. The van der Waals surface area contributed by atoms with Crippen LogP contribution in [0.3, 0.4) is 0 Å². The number of hydrogen-bond donors (Lipinski definition) is 4. The smallest absolute Gasteiger partial charge is 0.115 e. The Kier molecular flexibility index (Phi) is 5.44. The van der Waals surface area contributed by atoms with Crippen LogP contribution in [-0.4, -0.2) is 20.4 Å². The van der Waals surface area contributed by atoms with Gasteiger partial charge < -0.3 is 20.4 Å². The first-order chi connectivity index (χ1) is 15.5. The molecule has 0 radical (unpaired) electrons. The summed E-state index contributed by atoms with van der Waals surface area (Å²) in [6.07, 6.45) is 11.5. The summed E-state index contributed by atoms with van der Waals surface area (Å²) in [5, 5.41) is 41.8. The molecule has 0 amide bonds. The van der Waals surface area contributed by atoms with Crippen LogP contribution in [0.2, 0.25) is 0 Å². The number of aliphatic hydroxyl groups excluding tert-OH is 2. The number of allylic oxidation sites excluding steroid dienone is 8. The van der Waals surface area contributed by atoms with Crippen LogP contribution in [0, 0.1) is 16.2 Å². The van der Waals surface area contributed by atoms with E-state index in [-0.39, 0.29) is 34.9 Å². The summed E-state index contributed by atoms with van der Waals surface area (Å²) >= 11 is 0. The highest BCUT2D eigenvalue weighted by molar-refractivity contribution is 5.44. The van der Waals surface area contributed by atoms with E-state index in [4.69, 9.17) is 0 Å². The highest BCUT2D eigenvalue weighted by atomic mass is 16.3. The fourth-order valence-corrected chi connectivity index (χ4v) is 5.78. The zero-order chi connectivity index (χ0) is 24.0. The van der Waals surface area contributed by atoms with Gasteiger partial charge in [0.15, 0.2) is 0 Å². The van der Waals surface area contributed by atoms with Gasteiger partial charge in [-0.3, -0.25) is 0 Å². The average molecular weight is 445 g/mol. The third-order valence-electron chi connectivity index (χ3n) is 8.36. The van der Waals surface area contributed by atoms with E-state index in [0.29, 0.717) is 0 Å². The zero-order valence-electron chi connectivity index (χ0n) is 19.5. The molecular weight excluding hydrogens is 412 g/mol. The Labute approximate surface area is 195 Å². The fourth-order valence-electron chi connectivity index (χ4n) is 5.78. The molecule has 4 rings (SSSR count). The molecule has 4 atom stereocenters. The highest BCUT2D eigenvalue weighted by Crippen LogP contribution is 2.66. The molecule has 0 fully saturated rings. The molecule has 4 nitrogen and oxygen atoms in total. The Bertz CT molecular complexity index is 1060. The molecule has 0 spiro atoms. The van der Waals surface area contributed by atoms with E-state index in [0.717, 1.165) is 11.1 Å². The normalized spacial score (nSPS) is 29.5. The van der Waals surface area contributed by atoms with Gasteiger partial charge >= 0.3 is 0 Å². The second kappa shape index (κ2) is 7.87. The summed E-state index contributed by atoms with van der Waals surface area (Å²) in [5.41, 5.74) is 0.239. The predicted molar refractivity (Wildman–Crippen MR) is 131 cm³/mol. The summed E-state index contributed by atoms with van der Waals surface area (Å²) < 4.78 is 0. The molecule has 2 aliphatic carbocycles. The second-order valence-corrected chi connectivity index (χ2v) is 10.1. The fraction of sp³-hybridized carbons (Fsp3) is 0.310. The number of aliphatic hydroxyl groups is 2. The van der Waals surface area contributed by atoms with Gasteiger partial charge in [-0.2, -0.15) is 0 Å². The van der Waals surface area contributed by atoms with Crippen LogP contribution < -0.4 is 0 Å². The lowest BCUT2D eigenvalue weighted by Crippen LogP contribution is -2.52. The largest absolute Gasteiger partial charge is 0.512 e. The van der Waals surface area contributed by atoms with Crippen molar-refractivity contribution in [3.8, 4) is 11.5 Å². The molecule has 0 saturated carbocycles.